The molecule has 1 unspecified atom stereocenters. The van der Waals surface area contributed by atoms with E-state index in [1.165, 1.54) is 25.2 Å². The minimum atomic E-state index is -3.86. The maximum Gasteiger partial charge on any atom is 0.244 e. The maximum atomic E-state index is 13.8. The van der Waals surface area contributed by atoms with Crippen LogP contribution < -0.4 is 19.1 Å². The van der Waals surface area contributed by atoms with E-state index in [0.29, 0.717) is 17.9 Å². The number of hydrogen-bond donors (Lipinski definition) is 1. The Morgan fingerprint density at radius 2 is 1.65 bits per heavy atom. The Balaban J connectivity index is 2.52. The quantitative estimate of drug-likeness (QED) is 0.474. The van der Waals surface area contributed by atoms with Crippen molar-refractivity contribution in [2.75, 3.05) is 31.3 Å². The first-order chi connectivity index (χ1) is 17.2. The van der Waals surface area contributed by atoms with Crippen molar-refractivity contribution in [1.82, 2.24) is 10.2 Å². The monoisotopic (exact) mass is 533 g/mol. The number of nitrogens with one attached hydrogen (secondary N) is 1. The maximum absolute atomic E-state index is 13.8. The van der Waals surface area contributed by atoms with Crippen LogP contribution in [-0.4, -0.2) is 63.7 Å². The van der Waals surface area contributed by atoms with E-state index in [1.54, 1.807) is 12.1 Å². The molecule has 2 aromatic rings. The Kier molecular flexibility index (Phi) is 9.97. The number of rotatable bonds is 11. The molecular weight excluding hydrogens is 494 g/mol. The highest BCUT2D eigenvalue weighted by atomic mass is 32.2. The second-order valence-corrected chi connectivity index (χ2v) is 11.8. The summed E-state index contributed by atoms with van der Waals surface area (Å²) in [7, 11) is -0.941. The number of anilines is 1. The van der Waals surface area contributed by atoms with Crippen molar-refractivity contribution >= 4 is 27.5 Å². The third kappa shape index (κ3) is 8.11. The van der Waals surface area contributed by atoms with E-state index < -0.39 is 34.1 Å². The summed E-state index contributed by atoms with van der Waals surface area (Å²) in [4.78, 5) is 28.5. The van der Waals surface area contributed by atoms with Crippen LogP contribution in [0.5, 0.6) is 11.5 Å². The van der Waals surface area contributed by atoms with Gasteiger partial charge < -0.3 is 19.7 Å². The lowest BCUT2D eigenvalue weighted by Crippen LogP contribution is -2.55. The Morgan fingerprint density at radius 1 is 1.03 bits per heavy atom. The minimum Gasteiger partial charge on any atom is -0.493 e. The zero-order chi connectivity index (χ0) is 28.0. The summed E-state index contributed by atoms with van der Waals surface area (Å²) in [6, 6.07) is 11.4. The summed E-state index contributed by atoms with van der Waals surface area (Å²) < 4.78 is 37.2. The van der Waals surface area contributed by atoms with Crippen molar-refractivity contribution in [3.63, 3.8) is 0 Å². The zero-order valence-electron chi connectivity index (χ0n) is 23.0. The van der Waals surface area contributed by atoms with Gasteiger partial charge in [-0.25, -0.2) is 8.42 Å². The van der Waals surface area contributed by atoms with Crippen LogP contribution in [0, 0.1) is 6.92 Å². The van der Waals surface area contributed by atoms with E-state index in [-0.39, 0.29) is 18.1 Å². The predicted octanol–water partition coefficient (Wildman–Crippen LogP) is 3.50. The highest BCUT2D eigenvalue weighted by Gasteiger charge is 2.33. The van der Waals surface area contributed by atoms with Gasteiger partial charge in [0.1, 0.15) is 12.6 Å². The molecule has 0 aliphatic rings. The molecule has 0 saturated heterocycles. The number of carbonyl (C=O) groups excluding carboxylic acids is 2. The number of hydrogen-bond acceptors (Lipinski definition) is 6. The lowest BCUT2D eigenvalue weighted by molar-refractivity contribution is -0.141. The molecule has 0 aliphatic carbocycles. The molecule has 0 spiro atoms. The van der Waals surface area contributed by atoms with Crippen LogP contribution in [0.4, 0.5) is 5.69 Å². The fraction of sp³-hybridized carbons (Fsp3) is 0.481. The number of carbonyl (C=O) groups is 2. The SMILES string of the molecule is CCC(C(=O)NC(C)(C)C)N(Cc1ccccc1C)C(=O)CN(c1ccc(OC)c(OC)c1)S(C)(=O)=O. The molecule has 204 valence electrons. The summed E-state index contributed by atoms with van der Waals surface area (Å²) in [6.45, 7) is 9.04. The number of amides is 2. The topological polar surface area (TPSA) is 105 Å². The average Bonchev–Trinajstić information content (AvgIpc) is 2.81. The predicted molar refractivity (Wildman–Crippen MR) is 145 cm³/mol. The highest BCUT2D eigenvalue weighted by molar-refractivity contribution is 7.92. The summed E-state index contributed by atoms with van der Waals surface area (Å²) in [6.07, 6.45) is 1.39. The fourth-order valence-electron chi connectivity index (χ4n) is 3.94. The molecule has 0 aliphatic heterocycles. The van der Waals surface area contributed by atoms with Crippen molar-refractivity contribution in [3.8, 4) is 11.5 Å². The van der Waals surface area contributed by atoms with E-state index in [2.05, 4.69) is 5.32 Å². The second-order valence-electron chi connectivity index (χ2n) is 9.92. The number of nitrogens with zero attached hydrogens (tertiary/aromatic N) is 2. The lowest BCUT2D eigenvalue weighted by Gasteiger charge is -2.34. The van der Waals surface area contributed by atoms with Crippen LogP contribution in [-0.2, 0) is 26.2 Å². The molecule has 0 bridgehead atoms. The van der Waals surface area contributed by atoms with Gasteiger partial charge in [-0.1, -0.05) is 31.2 Å². The Bertz CT molecular complexity index is 1210. The van der Waals surface area contributed by atoms with Gasteiger partial charge >= 0.3 is 0 Å². The molecule has 9 nitrogen and oxygen atoms in total. The van der Waals surface area contributed by atoms with E-state index in [9.17, 15) is 18.0 Å². The molecule has 2 amide bonds. The first-order valence-electron chi connectivity index (χ1n) is 12.1. The first-order valence-corrected chi connectivity index (χ1v) is 13.9. The third-order valence-corrected chi connectivity index (χ3v) is 6.96. The van der Waals surface area contributed by atoms with Crippen LogP contribution in [0.25, 0.3) is 0 Å². The molecule has 0 fully saturated rings. The average molecular weight is 534 g/mol. The van der Waals surface area contributed by atoms with E-state index >= 15 is 0 Å². The summed E-state index contributed by atoms with van der Waals surface area (Å²) in [5.41, 5.74) is 1.58. The van der Waals surface area contributed by atoms with Gasteiger partial charge in [-0.15, -0.1) is 0 Å². The van der Waals surface area contributed by atoms with Crippen molar-refractivity contribution in [1.29, 1.82) is 0 Å². The van der Waals surface area contributed by atoms with Gasteiger partial charge in [0.05, 0.1) is 26.2 Å². The molecule has 10 heteroatoms. The Morgan fingerprint density at radius 3 is 2.16 bits per heavy atom. The van der Waals surface area contributed by atoms with Gasteiger partial charge in [-0.05, 0) is 57.4 Å². The normalized spacial score (nSPS) is 12.4. The number of ether oxygens (including phenoxy) is 2. The zero-order valence-corrected chi connectivity index (χ0v) is 23.8. The van der Waals surface area contributed by atoms with Crippen LogP contribution in [0.2, 0.25) is 0 Å². The number of benzene rings is 2. The standard InChI is InChI=1S/C27H39N3O6S/c1-9-22(26(32)28-27(3,4)5)29(17-20-13-11-10-12-19(20)2)25(31)18-30(37(8,33)34)21-14-15-23(35-6)24(16-21)36-7/h10-16,22H,9,17-18H2,1-8H3,(H,28,32). The van der Waals surface area contributed by atoms with Gasteiger partial charge in [-0.2, -0.15) is 0 Å². The molecule has 0 radical (unpaired) electrons. The Labute approximate surface area is 220 Å². The fourth-order valence-corrected chi connectivity index (χ4v) is 4.78. The summed E-state index contributed by atoms with van der Waals surface area (Å²) in [5.74, 6) is -0.0423. The molecule has 2 aromatic carbocycles. The van der Waals surface area contributed by atoms with Crippen molar-refractivity contribution in [2.45, 2.75) is 59.2 Å². The number of sulfonamides is 1. The largest absolute Gasteiger partial charge is 0.493 e. The van der Waals surface area contributed by atoms with Gasteiger partial charge in [0, 0.05) is 18.2 Å². The molecule has 2 rings (SSSR count). The molecule has 1 N–H and O–H groups in total. The number of methoxy groups -OCH3 is 2. The highest BCUT2D eigenvalue weighted by Crippen LogP contribution is 2.32. The van der Waals surface area contributed by atoms with E-state index in [1.807, 2.05) is 58.9 Å². The van der Waals surface area contributed by atoms with Crippen LogP contribution in [0.1, 0.15) is 45.2 Å². The molecule has 0 aromatic heterocycles. The second kappa shape index (κ2) is 12.3. The van der Waals surface area contributed by atoms with E-state index in [0.717, 1.165) is 21.7 Å². The lowest BCUT2D eigenvalue weighted by atomic mass is 10.0. The molecule has 1 atom stereocenters. The molecular formula is C27H39N3O6S. The molecule has 0 saturated carbocycles. The van der Waals surface area contributed by atoms with Crippen molar-refractivity contribution < 1.29 is 27.5 Å². The van der Waals surface area contributed by atoms with Gasteiger partial charge in [-0.3, -0.25) is 13.9 Å². The van der Waals surface area contributed by atoms with Crippen LogP contribution in [0.3, 0.4) is 0 Å². The summed E-state index contributed by atoms with van der Waals surface area (Å²) in [5, 5.41) is 2.95. The van der Waals surface area contributed by atoms with Crippen molar-refractivity contribution in [3.05, 3.63) is 53.6 Å². The van der Waals surface area contributed by atoms with Gasteiger partial charge in [0.25, 0.3) is 0 Å². The third-order valence-electron chi connectivity index (χ3n) is 5.82. The van der Waals surface area contributed by atoms with E-state index in [4.69, 9.17) is 9.47 Å². The molecule has 37 heavy (non-hydrogen) atoms. The molecule has 0 heterocycles. The minimum absolute atomic E-state index is 0.158. The van der Waals surface area contributed by atoms with Gasteiger partial charge in [0.2, 0.25) is 21.8 Å². The van der Waals surface area contributed by atoms with Crippen molar-refractivity contribution in [2.24, 2.45) is 0 Å². The Hall–Kier alpha value is -3.27. The van der Waals surface area contributed by atoms with Gasteiger partial charge in [0.15, 0.2) is 11.5 Å². The van der Waals surface area contributed by atoms with Crippen LogP contribution >= 0.6 is 0 Å². The van der Waals surface area contributed by atoms with Crippen LogP contribution in [0.15, 0.2) is 42.5 Å². The smallest absolute Gasteiger partial charge is 0.244 e. The summed E-state index contributed by atoms with van der Waals surface area (Å²) >= 11 is 0. The number of aryl methyl sites for hydroxylation is 1. The first kappa shape index (κ1) is 30.0.